The Morgan fingerprint density at radius 1 is 1.40 bits per heavy atom. The summed E-state index contributed by atoms with van der Waals surface area (Å²) in [6.45, 7) is 6.08. The van der Waals surface area contributed by atoms with E-state index in [1.54, 1.807) is 6.07 Å². The number of aliphatic hydroxyl groups is 1. The highest BCUT2D eigenvalue weighted by molar-refractivity contribution is 5.09. The molecule has 3 nitrogen and oxygen atoms in total. The monoisotopic (exact) mass is 280 g/mol. The van der Waals surface area contributed by atoms with Crippen molar-refractivity contribution in [3.05, 3.63) is 29.8 Å². The Morgan fingerprint density at radius 2 is 2.10 bits per heavy atom. The van der Waals surface area contributed by atoms with E-state index in [9.17, 15) is 9.50 Å². The second-order valence-electron chi connectivity index (χ2n) is 5.85. The summed E-state index contributed by atoms with van der Waals surface area (Å²) in [7, 11) is 0. The first-order valence-corrected chi connectivity index (χ1v) is 7.65. The molecule has 0 saturated heterocycles. The van der Waals surface area contributed by atoms with Crippen LogP contribution in [0.3, 0.4) is 0 Å². The highest BCUT2D eigenvalue weighted by atomic mass is 19.1. The predicted octanol–water partition coefficient (Wildman–Crippen LogP) is 3.15. The van der Waals surface area contributed by atoms with Crippen molar-refractivity contribution >= 4 is 0 Å². The summed E-state index contributed by atoms with van der Waals surface area (Å²) in [4.78, 5) is 6.45. The highest BCUT2D eigenvalue weighted by Crippen LogP contribution is 2.27. The predicted molar refractivity (Wildman–Crippen MR) is 77.8 cm³/mol. The number of hydrogen-bond acceptors (Lipinski definition) is 3. The zero-order chi connectivity index (χ0) is 14.5. The van der Waals surface area contributed by atoms with Crippen molar-refractivity contribution in [2.45, 2.75) is 51.7 Å². The Hall–Kier alpha value is -1.00. The molecule has 0 amide bonds. The van der Waals surface area contributed by atoms with Crippen molar-refractivity contribution in [2.24, 2.45) is 5.92 Å². The van der Waals surface area contributed by atoms with Crippen LogP contribution < -0.4 is 0 Å². The molecule has 0 aromatic carbocycles. The highest BCUT2D eigenvalue weighted by Gasteiger charge is 2.26. The first kappa shape index (κ1) is 15.4. The van der Waals surface area contributed by atoms with E-state index < -0.39 is 6.10 Å². The maximum absolute atomic E-state index is 12.9. The van der Waals surface area contributed by atoms with E-state index in [0.717, 1.165) is 13.1 Å². The number of nitrogens with zero attached hydrogens (tertiary/aromatic N) is 2. The maximum atomic E-state index is 12.9. The number of pyridine rings is 1. The molecule has 2 rings (SSSR count). The average Bonchev–Trinajstić information content (AvgIpc) is 2.98. The van der Waals surface area contributed by atoms with Crippen LogP contribution in [0.4, 0.5) is 4.39 Å². The van der Waals surface area contributed by atoms with Crippen LogP contribution >= 0.6 is 0 Å². The summed E-state index contributed by atoms with van der Waals surface area (Å²) in [6, 6.07) is 3.59. The van der Waals surface area contributed by atoms with Gasteiger partial charge in [-0.2, -0.15) is 0 Å². The lowest BCUT2D eigenvalue weighted by Gasteiger charge is -2.31. The van der Waals surface area contributed by atoms with Crippen molar-refractivity contribution in [2.75, 3.05) is 13.1 Å². The van der Waals surface area contributed by atoms with Gasteiger partial charge in [-0.25, -0.2) is 4.39 Å². The van der Waals surface area contributed by atoms with E-state index in [2.05, 4.69) is 16.8 Å². The van der Waals surface area contributed by atoms with Crippen molar-refractivity contribution in [3.63, 3.8) is 0 Å². The Balaban J connectivity index is 1.95. The van der Waals surface area contributed by atoms with Crippen LogP contribution in [0.2, 0.25) is 0 Å². The zero-order valence-electron chi connectivity index (χ0n) is 12.4. The second-order valence-corrected chi connectivity index (χ2v) is 5.85. The van der Waals surface area contributed by atoms with Gasteiger partial charge < -0.3 is 10.0 Å². The topological polar surface area (TPSA) is 36.4 Å². The largest absolute Gasteiger partial charge is 0.386 e. The molecule has 1 heterocycles. The molecular weight excluding hydrogens is 255 g/mol. The first-order chi connectivity index (χ1) is 9.61. The molecule has 2 unspecified atom stereocenters. The minimum atomic E-state index is -0.633. The normalized spacial score (nSPS) is 19.4. The van der Waals surface area contributed by atoms with Crippen LogP contribution in [0.15, 0.2) is 18.3 Å². The quantitative estimate of drug-likeness (QED) is 0.869. The number of hydrogen-bond donors (Lipinski definition) is 1. The molecule has 0 spiro atoms. The molecule has 1 fully saturated rings. The molecule has 0 aliphatic heterocycles. The SMILES string of the molecule is CCN(CC(C)C(O)c1ccc(F)cn1)C1CCCC1. The van der Waals surface area contributed by atoms with Gasteiger partial charge in [-0.3, -0.25) is 4.98 Å². The summed E-state index contributed by atoms with van der Waals surface area (Å²) < 4.78 is 12.9. The fourth-order valence-electron chi connectivity index (χ4n) is 3.13. The van der Waals surface area contributed by atoms with E-state index in [0.29, 0.717) is 11.7 Å². The summed E-state index contributed by atoms with van der Waals surface area (Å²) in [5, 5.41) is 10.4. The van der Waals surface area contributed by atoms with Crippen molar-refractivity contribution < 1.29 is 9.50 Å². The molecule has 112 valence electrons. The third kappa shape index (κ3) is 3.76. The third-order valence-corrected chi connectivity index (χ3v) is 4.36. The molecule has 2 atom stereocenters. The van der Waals surface area contributed by atoms with E-state index in [4.69, 9.17) is 0 Å². The number of aromatic nitrogens is 1. The molecule has 0 bridgehead atoms. The van der Waals surface area contributed by atoms with Crippen LogP contribution in [0, 0.1) is 11.7 Å². The van der Waals surface area contributed by atoms with Crippen molar-refractivity contribution in [1.29, 1.82) is 0 Å². The van der Waals surface area contributed by atoms with Gasteiger partial charge in [-0.15, -0.1) is 0 Å². The lowest BCUT2D eigenvalue weighted by atomic mass is 9.99. The number of halogens is 1. The lowest BCUT2D eigenvalue weighted by molar-refractivity contribution is 0.0730. The first-order valence-electron chi connectivity index (χ1n) is 7.65. The van der Waals surface area contributed by atoms with Gasteiger partial charge in [-0.1, -0.05) is 26.7 Å². The lowest BCUT2D eigenvalue weighted by Crippen LogP contribution is -2.38. The molecule has 20 heavy (non-hydrogen) atoms. The van der Waals surface area contributed by atoms with Gasteiger partial charge in [0.2, 0.25) is 0 Å². The van der Waals surface area contributed by atoms with Gasteiger partial charge in [0.25, 0.3) is 0 Å². The van der Waals surface area contributed by atoms with Crippen LogP contribution in [-0.4, -0.2) is 34.1 Å². The zero-order valence-corrected chi connectivity index (χ0v) is 12.4. The van der Waals surface area contributed by atoms with Gasteiger partial charge in [0.05, 0.1) is 18.0 Å². The van der Waals surface area contributed by atoms with E-state index in [1.807, 2.05) is 6.92 Å². The van der Waals surface area contributed by atoms with Crippen molar-refractivity contribution in [3.8, 4) is 0 Å². The Morgan fingerprint density at radius 3 is 2.65 bits per heavy atom. The Bertz CT molecular complexity index is 403. The molecule has 0 radical (unpaired) electrons. The van der Waals surface area contributed by atoms with Crippen molar-refractivity contribution in [1.82, 2.24) is 9.88 Å². The van der Waals surface area contributed by atoms with Crippen LogP contribution in [0.25, 0.3) is 0 Å². The van der Waals surface area contributed by atoms with Crippen LogP contribution in [0.5, 0.6) is 0 Å². The average molecular weight is 280 g/mol. The summed E-state index contributed by atoms with van der Waals surface area (Å²) >= 11 is 0. The third-order valence-electron chi connectivity index (χ3n) is 4.36. The van der Waals surface area contributed by atoms with E-state index in [-0.39, 0.29) is 11.7 Å². The maximum Gasteiger partial charge on any atom is 0.141 e. The van der Waals surface area contributed by atoms with E-state index >= 15 is 0 Å². The van der Waals surface area contributed by atoms with Crippen LogP contribution in [0.1, 0.15) is 51.3 Å². The number of rotatable bonds is 6. The van der Waals surface area contributed by atoms with Gasteiger partial charge in [0.1, 0.15) is 5.82 Å². The van der Waals surface area contributed by atoms with E-state index in [1.165, 1.54) is 37.9 Å². The minimum absolute atomic E-state index is 0.0912. The standard InChI is InChI=1S/C16H25FN2O/c1-3-19(14-6-4-5-7-14)11-12(2)16(20)15-9-8-13(17)10-18-15/h8-10,12,14,16,20H,3-7,11H2,1-2H3. The van der Waals surface area contributed by atoms with Gasteiger partial charge in [-0.05, 0) is 31.5 Å². The second kappa shape index (κ2) is 7.14. The Kier molecular flexibility index (Phi) is 5.49. The molecule has 1 N–H and O–H groups in total. The number of aliphatic hydroxyl groups excluding tert-OH is 1. The molecule has 1 aromatic heterocycles. The molecule has 1 aromatic rings. The Labute approximate surface area is 120 Å². The minimum Gasteiger partial charge on any atom is -0.386 e. The molecule has 1 saturated carbocycles. The summed E-state index contributed by atoms with van der Waals surface area (Å²) in [6.07, 6.45) is 5.71. The van der Waals surface area contributed by atoms with Gasteiger partial charge in [0.15, 0.2) is 0 Å². The van der Waals surface area contributed by atoms with Gasteiger partial charge >= 0.3 is 0 Å². The molecule has 1 aliphatic carbocycles. The fourth-order valence-corrected chi connectivity index (χ4v) is 3.13. The summed E-state index contributed by atoms with van der Waals surface area (Å²) in [5.41, 5.74) is 0.557. The fraction of sp³-hybridized carbons (Fsp3) is 0.688. The van der Waals surface area contributed by atoms with Crippen LogP contribution in [-0.2, 0) is 0 Å². The molecular formula is C16H25FN2O. The summed E-state index contributed by atoms with van der Waals surface area (Å²) in [5.74, 6) is -0.275. The molecule has 1 aliphatic rings. The smallest absolute Gasteiger partial charge is 0.141 e. The molecule has 4 heteroatoms. The van der Waals surface area contributed by atoms with Gasteiger partial charge in [0, 0.05) is 18.5 Å².